The Kier molecular flexibility index (Phi) is 3.81. The first-order chi connectivity index (χ1) is 8.20. The van der Waals surface area contributed by atoms with E-state index < -0.39 is 0 Å². The van der Waals surface area contributed by atoms with Crippen LogP contribution in [0.1, 0.15) is 6.42 Å². The zero-order valence-corrected chi connectivity index (χ0v) is 10.2. The summed E-state index contributed by atoms with van der Waals surface area (Å²) in [5, 5.41) is 3.51. The predicted octanol–water partition coefficient (Wildman–Crippen LogP) is 0.389. The highest BCUT2D eigenvalue weighted by atomic mass is 35.5. The van der Waals surface area contributed by atoms with Gasteiger partial charge >= 0.3 is 0 Å². The highest BCUT2D eigenvalue weighted by Crippen LogP contribution is 2.25. The standard InChI is InChI=1S/C11H15ClN4O/c12-9-2-1-4-14-11(9)16-5-3-8(7-16)15-10(17)6-13/h1-2,4,8H,3,5-7,13H2,(H,15,17). The fraction of sp³-hybridized carbons (Fsp3) is 0.455. The van der Waals surface area contributed by atoms with Crippen molar-refractivity contribution in [2.45, 2.75) is 12.5 Å². The largest absolute Gasteiger partial charge is 0.353 e. The van der Waals surface area contributed by atoms with Gasteiger partial charge in [-0.15, -0.1) is 0 Å². The normalized spacial score (nSPS) is 19.4. The van der Waals surface area contributed by atoms with Crippen LogP contribution in [0.2, 0.25) is 5.02 Å². The molecule has 0 spiro atoms. The van der Waals surface area contributed by atoms with E-state index in [0.717, 1.165) is 25.3 Å². The minimum atomic E-state index is -0.121. The van der Waals surface area contributed by atoms with E-state index in [2.05, 4.69) is 15.2 Å². The fourth-order valence-corrected chi connectivity index (χ4v) is 2.21. The van der Waals surface area contributed by atoms with Gasteiger partial charge in [0.25, 0.3) is 0 Å². The Morgan fingerprint density at radius 3 is 3.24 bits per heavy atom. The summed E-state index contributed by atoms with van der Waals surface area (Å²) in [5.74, 6) is 0.655. The third-order valence-electron chi connectivity index (χ3n) is 2.78. The Labute approximate surface area is 105 Å². The van der Waals surface area contributed by atoms with E-state index in [1.54, 1.807) is 12.3 Å². The number of pyridine rings is 1. The Morgan fingerprint density at radius 1 is 1.71 bits per heavy atom. The number of carbonyl (C=O) groups is 1. The Morgan fingerprint density at radius 2 is 2.53 bits per heavy atom. The van der Waals surface area contributed by atoms with Crippen molar-refractivity contribution in [1.82, 2.24) is 10.3 Å². The lowest BCUT2D eigenvalue weighted by Gasteiger charge is -2.18. The van der Waals surface area contributed by atoms with Gasteiger partial charge in [0, 0.05) is 25.3 Å². The summed E-state index contributed by atoms with van der Waals surface area (Å²) in [6.07, 6.45) is 2.60. The maximum Gasteiger partial charge on any atom is 0.234 e. The zero-order valence-electron chi connectivity index (χ0n) is 9.40. The lowest BCUT2D eigenvalue weighted by atomic mass is 10.2. The number of carbonyl (C=O) groups excluding carboxylic acids is 1. The van der Waals surface area contributed by atoms with E-state index in [0.29, 0.717) is 5.02 Å². The molecule has 6 heteroatoms. The van der Waals surface area contributed by atoms with Crippen LogP contribution in [0.15, 0.2) is 18.3 Å². The van der Waals surface area contributed by atoms with Gasteiger partial charge < -0.3 is 16.0 Å². The average molecular weight is 255 g/mol. The van der Waals surface area contributed by atoms with Crippen LogP contribution in [0.4, 0.5) is 5.82 Å². The highest BCUT2D eigenvalue weighted by molar-refractivity contribution is 6.32. The Bertz CT molecular complexity index is 412. The first-order valence-electron chi connectivity index (χ1n) is 5.55. The lowest BCUT2D eigenvalue weighted by molar-refractivity contribution is -0.120. The van der Waals surface area contributed by atoms with Crippen LogP contribution in [0, 0.1) is 0 Å². The van der Waals surface area contributed by atoms with Gasteiger partial charge in [-0.05, 0) is 18.6 Å². The zero-order chi connectivity index (χ0) is 12.3. The van der Waals surface area contributed by atoms with E-state index in [9.17, 15) is 4.79 Å². The van der Waals surface area contributed by atoms with Gasteiger partial charge in [-0.3, -0.25) is 4.79 Å². The van der Waals surface area contributed by atoms with Crippen molar-refractivity contribution >= 4 is 23.3 Å². The molecule has 1 fully saturated rings. The molecule has 92 valence electrons. The van der Waals surface area contributed by atoms with E-state index in [1.807, 2.05) is 6.07 Å². The summed E-state index contributed by atoms with van der Waals surface area (Å²) in [7, 11) is 0. The molecule has 1 saturated heterocycles. The molecule has 2 rings (SSSR count). The van der Waals surface area contributed by atoms with Gasteiger partial charge in [0.05, 0.1) is 11.6 Å². The van der Waals surface area contributed by atoms with Crippen LogP contribution < -0.4 is 16.0 Å². The molecule has 0 radical (unpaired) electrons. The van der Waals surface area contributed by atoms with Crippen LogP contribution in [0.5, 0.6) is 0 Å². The maximum atomic E-state index is 11.2. The Balaban J connectivity index is 1.98. The summed E-state index contributed by atoms with van der Waals surface area (Å²) < 4.78 is 0. The highest BCUT2D eigenvalue weighted by Gasteiger charge is 2.25. The maximum absolute atomic E-state index is 11.2. The third-order valence-corrected chi connectivity index (χ3v) is 3.07. The first-order valence-corrected chi connectivity index (χ1v) is 5.93. The second kappa shape index (κ2) is 5.33. The van der Waals surface area contributed by atoms with Crippen LogP contribution in [0.3, 0.4) is 0 Å². The number of nitrogens with two attached hydrogens (primary N) is 1. The summed E-state index contributed by atoms with van der Waals surface area (Å²) in [5.41, 5.74) is 5.26. The van der Waals surface area contributed by atoms with Gasteiger partial charge in [-0.1, -0.05) is 11.6 Å². The molecule has 1 aromatic heterocycles. The SMILES string of the molecule is NCC(=O)NC1CCN(c2ncccc2Cl)C1. The van der Waals surface area contributed by atoms with E-state index in [1.165, 1.54) is 0 Å². The number of hydrogen-bond donors (Lipinski definition) is 2. The number of rotatable bonds is 3. The summed E-state index contributed by atoms with van der Waals surface area (Å²) in [6, 6.07) is 3.75. The van der Waals surface area contributed by atoms with Crippen molar-refractivity contribution in [2.75, 3.05) is 24.5 Å². The van der Waals surface area contributed by atoms with Crippen molar-refractivity contribution < 1.29 is 4.79 Å². The first kappa shape index (κ1) is 12.1. The monoisotopic (exact) mass is 254 g/mol. The van der Waals surface area contributed by atoms with Crippen LogP contribution >= 0.6 is 11.6 Å². The average Bonchev–Trinajstić information content (AvgIpc) is 2.78. The number of halogens is 1. The van der Waals surface area contributed by atoms with Gasteiger partial charge in [0.2, 0.25) is 5.91 Å². The topological polar surface area (TPSA) is 71.2 Å². The molecule has 0 saturated carbocycles. The molecule has 17 heavy (non-hydrogen) atoms. The molecule has 1 aliphatic rings. The third kappa shape index (κ3) is 2.87. The van der Waals surface area contributed by atoms with E-state index in [-0.39, 0.29) is 18.5 Å². The molecule has 3 N–H and O–H groups in total. The van der Waals surface area contributed by atoms with E-state index >= 15 is 0 Å². The molecule has 0 aliphatic carbocycles. The van der Waals surface area contributed by atoms with Crippen molar-refractivity contribution in [3.63, 3.8) is 0 Å². The van der Waals surface area contributed by atoms with Gasteiger partial charge in [0.1, 0.15) is 5.82 Å². The van der Waals surface area contributed by atoms with Gasteiger partial charge in [-0.25, -0.2) is 4.98 Å². The molecule has 2 heterocycles. The molecule has 0 aromatic carbocycles. The number of nitrogens with zero attached hydrogens (tertiary/aromatic N) is 2. The van der Waals surface area contributed by atoms with Crippen molar-refractivity contribution in [3.05, 3.63) is 23.4 Å². The van der Waals surface area contributed by atoms with Crippen molar-refractivity contribution in [2.24, 2.45) is 5.73 Å². The van der Waals surface area contributed by atoms with E-state index in [4.69, 9.17) is 17.3 Å². The van der Waals surface area contributed by atoms with Gasteiger partial charge in [0.15, 0.2) is 0 Å². The van der Waals surface area contributed by atoms with Crippen LogP contribution in [-0.4, -0.2) is 36.6 Å². The number of anilines is 1. The molecule has 1 aromatic rings. The summed E-state index contributed by atoms with van der Waals surface area (Å²) in [6.45, 7) is 1.59. The van der Waals surface area contributed by atoms with Crippen molar-refractivity contribution in [3.8, 4) is 0 Å². The predicted molar refractivity (Wildman–Crippen MR) is 67.1 cm³/mol. The number of nitrogens with one attached hydrogen (secondary N) is 1. The number of hydrogen-bond acceptors (Lipinski definition) is 4. The second-order valence-corrected chi connectivity index (χ2v) is 4.42. The van der Waals surface area contributed by atoms with Crippen LogP contribution in [0.25, 0.3) is 0 Å². The molecule has 0 bridgehead atoms. The molecule has 1 amide bonds. The Hall–Kier alpha value is -1.33. The smallest absolute Gasteiger partial charge is 0.234 e. The molecule has 1 unspecified atom stereocenters. The lowest BCUT2D eigenvalue weighted by Crippen LogP contribution is -2.40. The second-order valence-electron chi connectivity index (χ2n) is 4.01. The summed E-state index contributed by atoms with van der Waals surface area (Å²) >= 11 is 6.07. The molecule has 5 nitrogen and oxygen atoms in total. The fourth-order valence-electron chi connectivity index (χ4n) is 1.97. The van der Waals surface area contributed by atoms with Gasteiger partial charge in [-0.2, -0.15) is 0 Å². The van der Waals surface area contributed by atoms with Crippen molar-refractivity contribution in [1.29, 1.82) is 0 Å². The van der Waals surface area contributed by atoms with Crippen LogP contribution in [-0.2, 0) is 4.79 Å². The minimum absolute atomic E-state index is 0.0286. The molecule has 1 aliphatic heterocycles. The summed E-state index contributed by atoms with van der Waals surface area (Å²) in [4.78, 5) is 17.5. The molecular weight excluding hydrogens is 240 g/mol. The number of amides is 1. The number of aromatic nitrogens is 1. The minimum Gasteiger partial charge on any atom is -0.353 e. The molecule has 1 atom stereocenters. The quantitative estimate of drug-likeness (QED) is 0.819. The molecular formula is C11H15ClN4O.